The number of quaternary nitrogens is 1. The van der Waals surface area contributed by atoms with Gasteiger partial charge in [-0.3, -0.25) is 14.5 Å². The maximum atomic E-state index is 12.7. The molecule has 2 fully saturated rings. The van der Waals surface area contributed by atoms with Gasteiger partial charge in [0.1, 0.15) is 17.9 Å². The zero-order valence-corrected chi connectivity index (χ0v) is 15.9. The Morgan fingerprint density at radius 3 is 2.38 bits per heavy atom. The largest absolute Gasteiger partial charge is 0.461 e. The van der Waals surface area contributed by atoms with E-state index in [0.717, 1.165) is 16.2 Å². The summed E-state index contributed by atoms with van der Waals surface area (Å²) in [4.78, 5) is 41.3. The molecule has 2 aliphatic heterocycles. The van der Waals surface area contributed by atoms with Gasteiger partial charge >= 0.3 is 5.97 Å². The van der Waals surface area contributed by atoms with E-state index in [-0.39, 0.29) is 24.5 Å². The molecule has 2 amide bonds. The highest BCUT2D eigenvalue weighted by molar-refractivity contribution is 6.08. The highest BCUT2D eigenvalue weighted by Gasteiger charge is 2.70. The molecule has 1 aromatic carbocycles. The molecular weight excluding hydrogens is 334 g/mol. The highest BCUT2D eigenvalue weighted by atomic mass is 16.5. The number of amides is 2. The number of anilines is 1. The fourth-order valence-electron chi connectivity index (χ4n) is 4.19. The van der Waals surface area contributed by atoms with Gasteiger partial charge in [-0.25, -0.2) is 4.79 Å². The minimum Gasteiger partial charge on any atom is -0.461 e. The number of hydrogen-bond acceptors (Lipinski definition) is 5. The molecule has 0 unspecified atom stereocenters. The van der Waals surface area contributed by atoms with E-state index in [0.29, 0.717) is 0 Å². The molecule has 140 valence electrons. The van der Waals surface area contributed by atoms with Gasteiger partial charge in [0.05, 0.1) is 6.61 Å². The summed E-state index contributed by atoms with van der Waals surface area (Å²) < 4.78 is 5.23. The van der Waals surface area contributed by atoms with E-state index in [9.17, 15) is 14.4 Å². The number of benzene rings is 1. The average molecular weight is 360 g/mol. The van der Waals surface area contributed by atoms with Crippen molar-refractivity contribution in [3.8, 4) is 0 Å². The van der Waals surface area contributed by atoms with E-state index in [1.165, 1.54) is 7.05 Å². The van der Waals surface area contributed by atoms with Gasteiger partial charge in [0.2, 0.25) is 17.4 Å². The molecule has 0 radical (unpaired) electrons. The van der Waals surface area contributed by atoms with Crippen LogP contribution in [0.4, 0.5) is 5.69 Å². The molecule has 3 rings (SSSR count). The van der Waals surface area contributed by atoms with Gasteiger partial charge in [0, 0.05) is 39.3 Å². The Balaban J connectivity index is 2.02. The van der Waals surface area contributed by atoms with E-state index in [1.54, 1.807) is 13.8 Å². The minimum absolute atomic E-state index is 0.231. The number of rotatable bonds is 4. The second kappa shape index (κ2) is 6.39. The molecule has 2 saturated heterocycles. The van der Waals surface area contributed by atoms with Crippen molar-refractivity contribution in [2.24, 2.45) is 11.8 Å². The highest BCUT2D eigenvalue weighted by Crippen LogP contribution is 2.44. The summed E-state index contributed by atoms with van der Waals surface area (Å²) in [6, 6.07) is 7.57. The van der Waals surface area contributed by atoms with Crippen molar-refractivity contribution in [2.75, 3.05) is 32.6 Å². The molecule has 7 heteroatoms. The van der Waals surface area contributed by atoms with Crippen LogP contribution < -0.4 is 10.2 Å². The van der Waals surface area contributed by atoms with E-state index in [4.69, 9.17) is 4.74 Å². The molecule has 0 saturated carbocycles. The third kappa shape index (κ3) is 2.58. The molecule has 26 heavy (non-hydrogen) atoms. The summed E-state index contributed by atoms with van der Waals surface area (Å²) in [6.07, 6.45) is 0. The first kappa shape index (κ1) is 18.4. The topological polar surface area (TPSA) is 83.5 Å². The summed E-state index contributed by atoms with van der Waals surface area (Å²) in [5.41, 5.74) is 0.862. The standard InChI is InChI=1S/C19H25N3O4/c1-6-26-18(25)19(2)14-13(16(23)22(5)17(14)24)15(20-19)11-7-9-12(10-8-11)21(3)4/h7-10,13-15,20H,6H2,1-5H3/p+1/t13-,14-,15-,19-/m0/s1. The maximum Gasteiger partial charge on any atom is 0.368 e. The lowest BCUT2D eigenvalue weighted by molar-refractivity contribution is -0.731. The van der Waals surface area contributed by atoms with E-state index >= 15 is 0 Å². The van der Waals surface area contributed by atoms with Gasteiger partial charge < -0.3 is 15.0 Å². The molecule has 7 nitrogen and oxygen atoms in total. The van der Waals surface area contributed by atoms with Crippen LogP contribution in [0.3, 0.4) is 0 Å². The molecule has 2 aliphatic rings. The third-order valence-corrected chi connectivity index (χ3v) is 5.64. The van der Waals surface area contributed by atoms with Crippen molar-refractivity contribution < 1.29 is 24.4 Å². The molecule has 0 aliphatic carbocycles. The Hall–Kier alpha value is -2.41. The summed E-state index contributed by atoms with van der Waals surface area (Å²) in [5.74, 6) is -2.26. The van der Waals surface area contributed by atoms with Gasteiger partial charge in [-0.15, -0.1) is 0 Å². The summed E-state index contributed by atoms with van der Waals surface area (Å²) in [5, 5.41) is 1.84. The van der Waals surface area contributed by atoms with Gasteiger partial charge in [-0.2, -0.15) is 0 Å². The second-order valence-electron chi connectivity index (χ2n) is 7.42. The van der Waals surface area contributed by atoms with E-state index < -0.39 is 23.3 Å². The van der Waals surface area contributed by atoms with E-state index in [1.807, 2.05) is 48.6 Å². The zero-order valence-electron chi connectivity index (χ0n) is 15.9. The minimum atomic E-state index is -1.11. The first-order chi connectivity index (χ1) is 12.2. The smallest absolute Gasteiger partial charge is 0.368 e. The number of fused-ring (bicyclic) bond motifs is 1. The molecule has 0 aromatic heterocycles. The van der Waals surface area contributed by atoms with Crippen molar-refractivity contribution in [2.45, 2.75) is 25.4 Å². The number of carbonyl (C=O) groups is 3. The van der Waals surface area contributed by atoms with Gasteiger partial charge in [-0.1, -0.05) is 12.1 Å². The maximum absolute atomic E-state index is 12.7. The van der Waals surface area contributed by atoms with Gasteiger partial charge in [0.15, 0.2) is 0 Å². The Morgan fingerprint density at radius 1 is 1.23 bits per heavy atom. The van der Waals surface area contributed by atoms with Gasteiger partial charge in [-0.05, 0) is 19.1 Å². The fraction of sp³-hybridized carbons (Fsp3) is 0.526. The summed E-state index contributed by atoms with van der Waals surface area (Å²) in [7, 11) is 5.40. The lowest BCUT2D eigenvalue weighted by Crippen LogP contribution is -2.97. The SMILES string of the molecule is CCOC(=O)[C@@]1(C)[NH2+][C@@H](c2ccc(N(C)C)cc2)[C@H]2C(=O)N(C)C(=O)[C@H]21. The van der Waals surface area contributed by atoms with Crippen LogP contribution in [0, 0.1) is 11.8 Å². The number of nitrogens with two attached hydrogens (primary N) is 1. The number of nitrogens with zero attached hydrogens (tertiary/aromatic N) is 2. The van der Waals surface area contributed by atoms with Crippen LogP contribution in [0.25, 0.3) is 0 Å². The number of imide groups is 1. The molecular formula is C19H26N3O4+. The normalized spacial score (nSPS) is 30.5. The van der Waals surface area contributed by atoms with Crippen LogP contribution in [0.2, 0.25) is 0 Å². The predicted molar refractivity (Wildman–Crippen MR) is 95.2 cm³/mol. The van der Waals surface area contributed by atoms with Crippen LogP contribution in [0.5, 0.6) is 0 Å². The predicted octanol–water partition coefficient (Wildman–Crippen LogP) is -0.0765. The van der Waals surface area contributed by atoms with Crippen molar-refractivity contribution in [1.29, 1.82) is 0 Å². The second-order valence-corrected chi connectivity index (χ2v) is 7.42. The van der Waals surface area contributed by atoms with Crippen LogP contribution in [0.1, 0.15) is 25.5 Å². The third-order valence-electron chi connectivity index (χ3n) is 5.64. The lowest BCUT2D eigenvalue weighted by atomic mass is 9.80. The fourth-order valence-corrected chi connectivity index (χ4v) is 4.19. The first-order valence-electron chi connectivity index (χ1n) is 8.84. The van der Waals surface area contributed by atoms with Crippen LogP contribution >= 0.6 is 0 Å². The Bertz CT molecular complexity index is 746. The Morgan fingerprint density at radius 2 is 1.85 bits per heavy atom. The van der Waals surface area contributed by atoms with Crippen molar-refractivity contribution in [1.82, 2.24) is 4.90 Å². The average Bonchev–Trinajstić information content (AvgIpc) is 3.05. The van der Waals surface area contributed by atoms with Crippen LogP contribution in [-0.4, -0.2) is 56.0 Å². The Kier molecular flexibility index (Phi) is 4.52. The summed E-state index contributed by atoms with van der Waals surface area (Å²) >= 11 is 0. The molecule has 2 heterocycles. The van der Waals surface area contributed by atoms with Crippen LogP contribution in [-0.2, 0) is 19.1 Å². The first-order valence-corrected chi connectivity index (χ1v) is 8.84. The van der Waals surface area contributed by atoms with Crippen molar-refractivity contribution in [3.05, 3.63) is 29.8 Å². The molecule has 2 N–H and O–H groups in total. The number of ether oxygens (including phenoxy) is 1. The van der Waals surface area contributed by atoms with Gasteiger partial charge in [0.25, 0.3) is 0 Å². The number of likely N-dealkylation sites (tertiary alicyclic amines) is 1. The van der Waals surface area contributed by atoms with Crippen molar-refractivity contribution >= 4 is 23.5 Å². The quantitative estimate of drug-likeness (QED) is 0.600. The lowest BCUT2D eigenvalue weighted by Gasteiger charge is -2.25. The monoisotopic (exact) mass is 360 g/mol. The Labute approximate surface area is 153 Å². The molecule has 0 spiro atoms. The summed E-state index contributed by atoms with van der Waals surface area (Å²) in [6.45, 7) is 3.68. The van der Waals surface area contributed by atoms with Crippen LogP contribution in [0.15, 0.2) is 24.3 Å². The molecule has 1 aromatic rings. The number of hydrogen-bond donors (Lipinski definition) is 1. The molecule has 0 bridgehead atoms. The molecule has 4 atom stereocenters. The number of carbonyl (C=O) groups excluding carboxylic acids is 3. The zero-order chi connectivity index (χ0) is 19.2. The van der Waals surface area contributed by atoms with Crippen molar-refractivity contribution in [3.63, 3.8) is 0 Å². The number of esters is 1. The van der Waals surface area contributed by atoms with E-state index in [2.05, 4.69) is 0 Å².